The Morgan fingerprint density at radius 1 is 1.27 bits per heavy atom. The number of halogens is 1. The monoisotopic (exact) mass is 468 g/mol. The first-order valence-electron chi connectivity index (χ1n) is 9.17. The van der Waals surface area contributed by atoms with Gasteiger partial charge in [-0.1, -0.05) is 18.2 Å². The van der Waals surface area contributed by atoms with Crippen molar-refractivity contribution in [3.8, 4) is 0 Å². The molecule has 0 aliphatic carbocycles. The predicted octanol–water partition coefficient (Wildman–Crippen LogP) is 2.73. The molecule has 6 nitrogen and oxygen atoms in total. The molecule has 142 valence electrons. The summed E-state index contributed by atoms with van der Waals surface area (Å²) in [6.07, 6.45) is 5.92. The molecule has 1 saturated heterocycles. The zero-order valence-electron chi connectivity index (χ0n) is 15.3. The van der Waals surface area contributed by atoms with E-state index in [1.807, 2.05) is 23.1 Å². The number of hydrogen-bond acceptors (Lipinski definition) is 3. The number of guanidine groups is 1. The van der Waals surface area contributed by atoms with Gasteiger partial charge in [0, 0.05) is 56.8 Å². The third kappa shape index (κ3) is 6.19. The highest BCUT2D eigenvalue weighted by Crippen LogP contribution is 2.19. The van der Waals surface area contributed by atoms with Crippen molar-refractivity contribution in [1.29, 1.82) is 0 Å². The molecule has 2 aromatic rings. The molecular weight excluding hydrogens is 439 g/mol. The summed E-state index contributed by atoms with van der Waals surface area (Å²) in [6, 6.07) is 13.0. The predicted molar refractivity (Wildman–Crippen MR) is 118 cm³/mol. The van der Waals surface area contributed by atoms with Crippen molar-refractivity contribution in [2.45, 2.75) is 32.4 Å². The maximum atomic E-state index is 4.71. The fourth-order valence-corrected chi connectivity index (χ4v) is 3.12. The molecule has 1 fully saturated rings. The van der Waals surface area contributed by atoms with Gasteiger partial charge in [0.05, 0.1) is 0 Å². The molecule has 1 aliphatic heterocycles. The van der Waals surface area contributed by atoms with E-state index in [1.54, 1.807) is 0 Å². The van der Waals surface area contributed by atoms with Gasteiger partial charge < -0.3 is 15.5 Å². The van der Waals surface area contributed by atoms with Crippen LogP contribution in [0.1, 0.15) is 19.8 Å². The maximum Gasteiger partial charge on any atom is 0.191 e. The number of benzene rings is 1. The molecule has 1 atom stereocenters. The third-order valence-corrected chi connectivity index (χ3v) is 4.37. The number of para-hydroxylation sites is 1. The van der Waals surface area contributed by atoms with Gasteiger partial charge in [-0.25, -0.2) is 0 Å². The lowest BCUT2D eigenvalue weighted by molar-refractivity contribution is 0.581. The Bertz CT molecular complexity index is 643. The molecule has 1 aliphatic rings. The average molecular weight is 468 g/mol. The molecule has 0 saturated carbocycles. The highest BCUT2D eigenvalue weighted by atomic mass is 127. The topological polar surface area (TPSA) is 57.5 Å². The number of nitrogens with zero attached hydrogens (tertiary/aromatic N) is 4. The summed E-state index contributed by atoms with van der Waals surface area (Å²) < 4.78 is 1.95. The van der Waals surface area contributed by atoms with Crippen molar-refractivity contribution in [1.82, 2.24) is 20.4 Å². The van der Waals surface area contributed by atoms with Crippen LogP contribution in [-0.2, 0) is 6.54 Å². The SMILES string of the molecule is CCNC(=NCCCn1cccn1)NC1CCN(c2ccccc2)C1.I. The Morgan fingerprint density at radius 2 is 2.12 bits per heavy atom. The molecule has 1 unspecified atom stereocenters. The van der Waals surface area contributed by atoms with E-state index in [-0.39, 0.29) is 24.0 Å². The van der Waals surface area contributed by atoms with E-state index in [0.717, 1.165) is 51.5 Å². The third-order valence-electron chi connectivity index (χ3n) is 4.37. The summed E-state index contributed by atoms with van der Waals surface area (Å²) in [4.78, 5) is 7.14. The fourth-order valence-electron chi connectivity index (χ4n) is 3.12. The molecule has 0 amide bonds. The quantitative estimate of drug-likeness (QED) is 0.284. The first kappa shape index (κ1) is 20.5. The van der Waals surface area contributed by atoms with E-state index in [9.17, 15) is 0 Å². The van der Waals surface area contributed by atoms with Crippen LogP contribution in [0.15, 0.2) is 53.8 Å². The number of nitrogens with one attached hydrogen (secondary N) is 2. The molecule has 0 spiro atoms. The molecular formula is C19H29IN6. The van der Waals surface area contributed by atoms with Crippen LogP contribution in [0.5, 0.6) is 0 Å². The summed E-state index contributed by atoms with van der Waals surface area (Å²) in [7, 11) is 0. The van der Waals surface area contributed by atoms with Crippen LogP contribution < -0.4 is 15.5 Å². The van der Waals surface area contributed by atoms with Crippen molar-refractivity contribution >= 4 is 35.6 Å². The number of aromatic nitrogens is 2. The van der Waals surface area contributed by atoms with Gasteiger partial charge in [0.1, 0.15) is 0 Å². The second-order valence-corrected chi connectivity index (χ2v) is 6.29. The van der Waals surface area contributed by atoms with Crippen LogP contribution in [0.3, 0.4) is 0 Å². The maximum absolute atomic E-state index is 4.71. The van der Waals surface area contributed by atoms with E-state index < -0.39 is 0 Å². The normalized spacial score (nSPS) is 17.0. The minimum absolute atomic E-state index is 0. The molecule has 2 heterocycles. The van der Waals surface area contributed by atoms with Crippen LogP contribution in [0.25, 0.3) is 0 Å². The minimum Gasteiger partial charge on any atom is -0.369 e. The highest BCUT2D eigenvalue weighted by molar-refractivity contribution is 14.0. The molecule has 0 radical (unpaired) electrons. The van der Waals surface area contributed by atoms with Crippen LogP contribution in [0.2, 0.25) is 0 Å². The zero-order valence-corrected chi connectivity index (χ0v) is 17.7. The Labute approximate surface area is 173 Å². The number of hydrogen-bond donors (Lipinski definition) is 2. The van der Waals surface area contributed by atoms with Gasteiger partial charge in [0.15, 0.2) is 5.96 Å². The van der Waals surface area contributed by atoms with Crippen molar-refractivity contribution in [3.05, 3.63) is 48.8 Å². The lowest BCUT2D eigenvalue weighted by atomic mass is 10.3. The second kappa shape index (κ2) is 11.1. The van der Waals surface area contributed by atoms with E-state index in [0.29, 0.717) is 6.04 Å². The Kier molecular flexibility index (Phi) is 8.73. The fraction of sp³-hybridized carbons (Fsp3) is 0.474. The van der Waals surface area contributed by atoms with Crippen molar-refractivity contribution in [3.63, 3.8) is 0 Å². The Hall–Kier alpha value is -1.77. The van der Waals surface area contributed by atoms with Gasteiger partial charge in [0.25, 0.3) is 0 Å². The summed E-state index contributed by atoms with van der Waals surface area (Å²) in [5.74, 6) is 0.919. The van der Waals surface area contributed by atoms with Crippen LogP contribution >= 0.6 is 24.0 Å². The number of anilines is 1. The van der Waals surface area contributed by atoms with Gasteiger partial charge in [0.2, 0.25) is 0 Å². The standard InChI is InChI=1S/C19H28N6.HI/c1-2-20-19(21-11-6-13-25-14-7-12-22-25)23-17-10-15-24(16-17)18-8-4-3-5-9-18;/h3-5,7-9,12,14,17H,2,6,10-11,13,15-16H2,1H3,(H2,20,21,23);1H. The zero-order chi connectivity index (χ0) is 17.3. The smallest absolute Gasteiger partial charge is 0.191 e. The van der Waals surface area contributed by atoms with E-state index in [4.69, 9.17) is 4.99 Å². The number of aryl methyl sites for hydroxylation is 1. The van der Waals surface area contributed by atoms with E-state index in [1.165, 1.54) is 5.69 Å². The summed E-state index contributed by atoms with van der Waals surface area (Å²) in [6.45, 7) is 6.78. The first-order valence-corrected chi connectivity index (χ1v) is 9.17. The molecule has 3 rings (SSSR count). The van der Waals surface area contributed by atoms with Crippen molar-refractivity contribution < 1.29 is 0 Å². The van der Waals surface area contributed by atoms with E-state index in [2.05, 4.69) is 57.9 Å². The van der Waals surface area contributed by atoms with Crippen molar-refractivity contribution in [2.24, 2.45) is 4.99 Å². The van der Waals surface area contributed by atoms with Crippen LogP contribution in [-0.4, -0.2) is 48.0 Å². The first-order chi connectivity index (χ1) is 12.3. The number of rotatable bonds is 7. The van der Waals surface area contributed by atoms with E-state index >= 15 is 0 Å². The largest absolute Gasteiger partial charge is 0.369 e. The van der Waals surface area contributed by atoms with Crippen LogP contribution in [0, 0.1) is 0 Å². The summed E-state index contributed by atoms with van der Waals surface area (Å²) in [5.41, 5.74) is 1.30. The van der Waals surface area contributed by atoms with Crippen molar-refractivity contribution in [2.75, 3.05) is 31.1 Å². The molecule has 0 bridgehead atoms. The van der Waals surface area contributed by atoms with Gasteiger partial charge in [-0.05, 0) is 38.0 Å². The molecule has 1 aromatic carbocycles. The number of aliphatic imine (C=N–C) groups is 1. The lowest BCUT2D eigenvalue weighted by Crippen LogP contribution is -2.44. The molecule has 2 N–H and O–H groups in total. The Balaban J connectivity index is 0.00000243. The average Bonchev–Trinajstić information content (AvgIpc) is 3.31. The van der Waals surface area contributed by atoms with Gasteiger partial charge >= 0.3 is 0 Å². The van der Waals surface area contributed by atoms with Gasteiger partial charge in [-0.3, -0.25) is 9.67 Å². The Morgan fingerprint density at radius 3 is 2.85 bits per heavy atom. The summed E-state index contributed by atoms with van der Waals surface area (Å²) >= 11 is 0. The lowest BCUT2D eigenvalue weighted by Gasteiger charge is -2.20. The minimum atomic E-state index is 0. The second-order valence-electron chi connectivity index (χ2n) is 6.29. The highest BCUT2D eigenvalue weighted by Gasteiger charge is 2.23. The molecule has 1 aromatic heterocycles. The molecule has 7 heteroatoms. The van der Waals surface area contributed by atoms with Crippen LogP contribution in [0.4, 0.5) is 5.69 Å². The van der Waals surface area contributed by atoms with Gasteiger partial charge in [-0.15, -0.1) is 24.0 Å². The summed E-state index contributed by atoms with van der Waals surface area (Å²) in [5, 5.41) is 11.2. The molecule has 26 heavy (non-hydrogen) atoms. The van der Waals surface area contributed by atoms with Gasteiger partial charge in [-0.2, -0.15) is 5.10 Å².